The Morgan fingerprint density at radius 3 is 0.667 bits per heavy atom. The summed E-state index contributed by atoms with van der Waals surface area (Å²) in [5.41, 5.74) is 0. The van der Waals surface area contributed by atoms with Crippen LogP contribution in [-0.2, 0) is 65.4 Å². The van der Waals surface area contributed by atoms with Crippen molar-refractivity contribution in [1.82, 2.24) is 0 Å². The maximum Gasteiger partial charge on any atom is 0.472 e. The molecule has 0 rings (SSSR count). The minimum atomic E-state index is -4.96. The number of carbonyl (C=O) groups is 4. The SMILES string of the molecule is CCCCCCCCCCCCCCCCCCCCCC(=O)O[C@H](COC(=O)CCCCCCCCCCCCCCCCC(C)C)COP(=O)(O)OC[C@@H](O)COP(=O)(O)OC[C@@H](COC(=O)CCCCCCCCCCC(C)C)OC(=O)CCCCCCCCCCCCCCC(C)C. The van der Waals surface area contributed by atoms with Gasteiger partial charge in [-0.2, -0.15) is 0 Å². The van der Waals surface area contributed by atoms with Crippen LogP contribution in [0.1, 0.15) is 434 Å². The summed E-state index contributed by atoms with van der Waals surface area (Å²) in [6.07, 6.45) is 62.5. The Labute approximate surface area is 626 Å². The van der Waals surface area contributed by atoms with E-state index >= 15 is 0 Å². The predicted octanol–water partition coefficient (Wildman–Crippen LogP) is 24.9. The molecule has 0 aliphatic carbocycles. The Hall–Kier alpha value is -1.94. The Bertz CT molecular complexity index is 1970. The van der Waals surface area contributed by atoms with Gasteiger partial charge in [-0.3, -0.25) is 37.3 Å². The molecule has 0 aliphatic heterocycles. The average Bonchev–Trinajstić information content (AvgIpc) is 0.917. The molecule has 17 nitrogen and oxygen atoms in total. The van der Waals surface area contributed by atoms with Crippen molar-refractivity contribution in [2.75, 3.05) is 39.6 Å². The summed E-state index contributed by atoms with van der Waals surface area (Å²) < 4.78 is 68.8. The van der Waals surface area contributed by atoms with Gasteiger partial charge in [0.05, 0.1) is 26.4 Å². The van der Waals surface area contributed by atoms with Crippen molar-refractivity contribution >= 4 is 39.5 Å². The van der Waals surface area contributed by atoms with Crippen LogP contribution in [0, 0.1) is 17.8 Å². The first-order valence-corrected chi connectivity index (χ1v) is 45.8. The van der Waals surface area contributed by atoms with Gasteiger partial charge in [0.25, 0.3) is 0 Å². The highest BCUT2D eigenvalue weighted by Gasteiger charge is 2.30. The second-order valence-corrected chi connectivity index (χ2v) is 34.2. The van der Waals surface area contributed by atoms with Crippen molar-refractivity contribution in [1.29, 1.82) is 0 Å². The summed E-state index contributed by atoms with van der Waals surface area (Å²) in [7, 11) is -9.92. The third-order valence-electron chi connectivity index (χ3n) is 19.4. The number of ether oxygens (including phenoxy) is 4. The van der Waals surface area contributed by atoms with Crippen LogP contribution in [-0.4, -0.2) is 96.7 Å². The molecular weight excluding hydrogens is 1330 g/mol. The van der Waals surface area contributed by atoms with Gasteiger partial charge in [-0.15, -0.1) is 0 Å². The van der Waals surface area contributed by atoms with Crippen molar-refractivity contribution in [3.05, 3.63) is 0 Å². The molecule has 0 saturated heterocycles. The number of hydrogen-bond acceptors (Lipinski definition) is 15. The van der Waals surface area contributed by atoms with E-state index in [9.17, 15) is 43.2 Å². The zero-order chi connectivity index (χ0) is 75.1. The van der Waals surface area contributed by atoms with Crippen LogP contribution in [0.4, 0.5) is 0 Å². The van der Waals surface area contributed by atoms with Crippen LogP contribution in [0.2, 0.25) is 0 Å². The summed E-state index contributed by atoms with van der Waals surface area (Å²) in [6, 6.07) is 0. The number of rotatable bonds is 81. The highest BCUT2D eigenvalue weighted by Crippen LogP contribution is 2.45. The predicted molar refractivity (Wildman–Crippen MR) is 418 cm³/mol. The Kier molecular flexibility index (Phi) is 71.8. The largest absolute Gasteiger partial charge is 0.472 e. The fraction of sp³-hybridized carbons (Fsp3) is 0.952. The van der Waals surface area contributed by atoms with Gasteiger partial charge in [-0.1, -0.05) is 382 Å². The van der Waals surface area contributed by atoms with Crippen molar-refractivity contribution in [3.63, 3.8) is 0 Å². The molecule has 0 aromatic rings. The number of phosphoric ester groups is 2. The van der Waals surface area contributed by atoms with Gasteiger partial charge in [0.1, 0.15) is 19.3 Å². The van der Waals surface area contributed by atoms with Crippen LogP contribution >= 0.6 is 15.6 Å². The third-order valence-corrected chi connectivity index (χ3v) is 21.3. The second kappa shape index (κ2) is 73.2. The molecule has 0 aromatic carbocycles. The molecule has 606 valence electrons. The third kappa shape index (κ3) is 76.3. The molecule has 0 radical (unpaired) electrons. The molecule has 5 atom stereocenters. The second-order valence-electron chi connectivity index (χ2n) is 31.3. The lowest BCUT2D eigenvalue weighted by Gasteiger charge is -2.21. The molecule has 102 heavy (non-hydrogen) atoms. The van der Waals surface area contributed by atoms with Crippen molar-refractivity contribution in [2.24, 2.45) is 17.8 Å². The van der Waals surface area contributed by atoms with E-state index in [1.54, 1.807) is 0 Å². The number of carbonyl (C=O) groups excluding carboxylic acids is 4. The van der Waals surface area contributed by atoms with E-state index in [1.807, 2.05) is 0 Å². The van der Waals surface area contributed by atoms with Crippen LogP contribution in [0.3, 0.4) is 0 Å². The average molecular weight is 1490 g/mol. The van der Waals surface area contributed by atoms with E-state index in [4.69, 9.17) is 37.0 Å². The minimum Gasteiger partial charge on any atom is -0.462 e. The van der Waals surface area contributed by atoms with Gasteiger partial charge in [0.2, 0.25) is 0 Å². The summed E-state index contributed by atoms with van der Waals surface area (Å²) in [5, 5.41) is 10.7. The minimum absolute atomic E-state index is 0.106. The highest BCUT2D eigenvalue weighted by molar-refractivity contribution is 7.47. The first-order valence-electron chi connectivity index (χ1n) is 42.8. The number of aliphatic hydroxyl groups excluding tert-OH is 1. The number of unbranched alkanes of at least 4 members (excludes halogenated alkanes) is 49. The first-order chi connectivity index (χ1) is 49.2. The Morgan fingerprint density at radius 1 is 0.265 bits per heavy atom. The van der Waals surface area contributed by atoms with E-state index in [2.05, 4.69) is 48.5 Å². The number of hydrogen-bond donors (Lipinski definition) is 3. The van der Waals surface area contributed by atoms with Gasteiger partial charge in [-0.25, -0.2) is 9.13 Å². The standard InChI is InChI=1S/C83H162O17P2/c1-8-9-10-11-12-13-14-15-16-17-18-19-20-25-31-36-45-52-59-66-82(87)99-78(70-93-80(85)64-57-50-43-35-30-24-22-21-23-28-33-40-47-54-61-74(2)3)72-97-101(89,90)95-68-77(84)69-96-102(91,92)98-73-79(71-94-81(86)65-58-51-44-39-38-42-49-56-63-76(6)7)100-83(88)67-60-53-46-37-32-27-26-29-34-41-48-55-62-75(4)5/h74-79,84H,8-73H2,1-7H3,(H,89,90)(H,91,92)/t77-,78-,79-/m1/s1. The van der Waals surface area contributed by atoms with E-state index in [0.717, 1.165) is 108 Å². The Morgan fingerprint density at radius 2 is 0.451 bits per heavy atom. The molecule has 0 fully saturated rings. The maximum absolute atomic E-state index is 13.1. The van der Waals surface area contributed by atoms with Gasteiger partial charge < -0.3 is 33.8 Å². The quantitative estimate of drug-likeness (QED) is 0.0222. The molecular formula is C83H162O17P2. The smallest absolute Gasteiger partial charge is 0.462 e. The number of aliphatic hydroxyl groups is 1. The van der Waals surface area contributed by atoms with Crippen molar-refractivity contribution in [2.45, 2.75) is 452 Å². The van der Waals surface area contributed by atoms with Crippen LogP contribution in [0.5, 0.6) is 0 Å². The highest BCUT2D eigenvalue weighted by atomic mass is 31.2. The fourth-order valence-electron chi connectivity index (χ4n) is 12.8. The lowest BCUT2D eigenvalue weighted by molar-refractivity contribution is -0.161. The topological polar surface area (TPSA) is 237 Å². The molecule has 0 amide bonds. The summed E-state index contributed by atoms with van der Waals surface area (Å²) >= 11 is 0. The maximum atomic E-state index is 13.1. The number of esters is 4. The van der Waals surface area contributed by atoms with E-state index < -0.39 is 97.5 Å². The Balaban J connectivity index is 5.25. The molecule has 0 saturated carbocycles. The lowest BCUT2D eigenvalue weighted by Crippen LogP contribution is -2.30. The van der Waals surface area contributed by atoms with Gasteiger partial charge >= 0.3 is 39.5 Å². The van der Waals surface area contributed by atoms with Crippen molar-refractivity contribution in [3.8, 4) is 0 Å². The molecule has 19 heteroatoms. The fourth-order valence-corrected chi connectivity index (χ4v) is 14.4. The van der Waals surface area contributed by atoms with Gasteiger partial charge in [0, 0.05) is 25.7 Å². The summed E-state index contributed by atoms with van der Waals surface area (Å²) in [5.74, 6) is 0.194. The van der Waals surface area contributed by atoms with E-state index in [0.29, 0.717) is 25.7 Å². The van der Waals surface area contributed by atoms with Crippen LogP contribution in [0.15, 0.2) is 0 Å². The zero-order valence-corrected chi connectivity index (χ0v) is 68.9. The first kappa shape index (κ1) is 100. The van der Waals surface area contributed by atoms with Gasteiger partial charge in [-0.05, 0) is 43.4 Å². The molecule has 0 bridgehead atoms. The van der Waals surface area contributed by atoms with E-state index in [-0.39, 0.29) is 25.7 Å². The molecule has 0 spiro atoms. The molecule has 0 aliphatic rings. The van der Waals surface area contributed by atoms with Gasteiger partial charge in [0.15, 0.2) is 12.2 Å². The van der Waals surface area contributed by atoms with Crippen LogP contribution < -0.4 is 0 Å². The number of phosphoric acid groups is 2. The van der Waals surface area contributed by atoms with Crippen molar-refractivity contribution < 1.29 is 80.2 Å². The lowest BCUT2D eigenvalue weighted by atomic mass is 10.0. The zero-order valence-electron chi connectivity index (χ0n) is 67.1. The van der Waals surface area contributed by atoms with E-state index in [1.165, 1.54) is 244 Å². The molecule has 0 aromatic heterocycles. The summed E-state index contributed by atoms with van der Waals surface area (Å²) in [4.78, 5) is 73.1. The monoisotopic (exact) mass is 1490 g/mol. The molecule has 3 N–H and O–H groups in total. The summed E-state index contributed by atoms with van der Waals surface area (Å²) in [6.45, 7) is 12.0. The molecule has 0 heterocycles. The molecule has 2 unspecified atom stereocenters. The van der Waals surface area contributed by atoms with Crippen LogP contribution in [0.25, 0.3) is 0 Å². The normalized spacial score (nSPS) is 13.9.